The van der Waals surface area contributed by atoms with Gasteiger partial charge < -0.3 is 30.5 Å². The Kier molecular flexibility index (Phi) is 8.23. The number of anilines is 1. The van der Waals surface area contributed by atoms with Crippen molar-refractivity contribution in [2.75, 3.05) is 33.0 Å². The van der Waals surface area contributed by atoms with E-state index >= 15 is 0 Å². The molecule has 4 rings (SSSR count). The summed E-state index contributed by atoms with van der Waals surface area (Å²) in [4.78, 5) is 28.8. The third kappa shape index (κ3) is 5.59. The average Bonchev–Trinajstić information content (AvgIpc) is 3.51. The maximum atomic E-state index is 14.8. The molecule has 1 aromatic carbocycles. The number of methoxy groups -OCH3 is 2. The zero-order valence-electron chi connectivity index (χ0n) is 22.6. The minimum absolute atomic E-state index is 0.165. The lowest BCUT2D eigenvalue weighted by atomic mass is 10.0. The van der Waals surface area contributed by atoms with Crippen molar-refractivity contribution in [3.8, 4) is 22.8 Å². The molecule has 0 bridgehead atoms. The molecule has 21 heteroatoms. The number of likely N-dealkylation sites (tertiary alicyclic amines) is 1. The van der Waals surface area contributed by atoms with Gasteiger partial charge in [-0.25, -0.2) is 13.9 Å². The van der Waals surface area contributed by atoms with E-state index in [1.54, 1.807) is 0 Å². The van der Waals surface area contributed by atoms with Crippen LogP contribution in [0, 0.1) is 0 Å². The number of carbonyl (C=O) groups is 2. The number of nitrogens with two attached hydrogens (primary N) is 1. The first-order valence-corrected chi connectivity index (χ1v) is 12.2. The van der Waals surface area contributed by atoms with Gasteiger partial charge in [-0.2, -0.15) is 44.6 Å². The van der Waals surface area contributed by atoms with Crippen LogP contribution >= 0.6 is 0 Å². The molecular weight excluding hydrogens is 642 g/mol. The van der Waals surface area contributed by atoms with Gasteiger partial charge in [-0.05, 0) is 18.2 Å². The van der Waals surface area contributed by atoms with Crippen molar-refractivity contribution < 1.29 is 68.1 Å². The van der Waals surface area contributed by atoms with Crippen LogP contribution in [0.25, 0.3) is 16.8 Å². The molecule has 0 unspecified atom stereocenters. The summed E-state index contributed by atoms with van der Waals surface area (Å²) in [6.07, 6.45) is -19.5. The van der Waals surface area contributed by atoms with E-state index in [1.807, 2.05) is 5.32 Å². The highest BCUT2D eigenvalue weighted by Gasteiger charge is 2.76. The summed E-state index contributed by atoms with van der Waals surface area (Å²) >= 11 is 0. The maximum absolute atomic E-state index is 14.8. The van der Waals surface area contributed by atoms with Gasteiger partial charge in [0.25, 0.3) is 11.8 Å². The van der Waals surface area contributed by atoms with E-state index < -0.39 is 83.7 Å². The number of fused-ring (bicyclic) bond motifs is 1. The van der Waals surface area contributed by atoms with Crippen molar-refractivity contribution in [3.05, 3.63) is 35.7 Å². The topological polar surface area (TPSA) is 144 Å². The molecule has 2 atom stereocenters. The summed E-state index contributed by atoms with van der Waals surface area (Å²) < 4.78 is 146. The van der Waals surface area contributed by atoms with Crippen LogP contribution in [0.1, 0.15) is 15.9 Å². The molecule has 1 saturated heterocycles. The van der Waals surface area contributed by atoms with Crippen LogP contribution in [0.15, 0.2) is 24.5 Å². The smallest absolute Gasteiger partial charge is 0.435 e. The normalized spacial score (nSPS) is 17.9. The number of nitrogens with zero attached hydrogens (tertiary/aromatic N) is 4. The number of alkyl halides is 10. The molecule has 1 aliphatic heterocycles. The van der Waals surface area contributed by atoms with Gasteiger partial charge in [0.05, 0.1) is 43.6 Å². The van der Waals surface area contributed by atoms with Gasteiger partial charge in [-0.1, -0.05) is 0 Å². The Bertz CT molecular complexity index is 1620. The summed E-state index contributed by atoms with van der Waals surface area (Å²) in [5.74, 6) is -5.33. The van der Waals surface area contributed by atoms with Crippen molar-refractivity contribution in [1.82, 2.24) is 24.8 Å². The molecule has 11 nitrogen and oxygen atoms in total. The summed E-state index contributed by atoms with van der Waals surface area (Å²) in [5, 5.41) is 15.2. The highest BCUT2D eigenvalue weighted by atomic mass is 19.4. The molecule has 3 aromatic rings. The van der Waals surface area contributed by atoms with E-state index in [-0.39, 0.29) is 27.7 Å². The van der Waals surface area contributed by atoms with Crippen molar-refractivity contribution in [1.29, 1.82) is 0 Å². The van der Waals surface area contributed by atoms with Crippen molar-refractivity contribution in [3.63, 3.8) is 0 Å². The maximum Gasteiger partial charge on any atom is 0.435 e. The molecule has 2 amide bonds. The van der Waals surface area contributed by atoms with Crippen LogP contribution in [0.5, 0.6) is 11.5 Å². The first-order valence-electron chi connectivity index (χ1n) is 12.2. The van der Waals surface area contributed by atoms with Crippen LogP contribution in [-0.2, 0) is 11.0 Å². The number of hydrogen-bond donors (Lipinski definition) is 3. The van der Waals surface area contributed by atoms with Gasteiger partial charge in [-0.3, -0.25) is 9.59 Å². The molecule has 0 saturated carbocycles. The van der Waals surface area contributed by atoms with E-state index in [4.69, 9.17) is 15.2 Å². The summed E-state index contributed by atoms with van der Waals surface area (Å²) in [5.41, 5.74) is -3.07. The van der Waals surface area contributed by atoms with Crippen LogP contribution in [0.3, 0.4) is 0 Å². The Morgan fingerprint density at radius 3 is 2.16 bits per heavy atom. The van der Waals surface area contributed by atoms with Gasteiger partial charge in [-0.15, -0.1) is 0 Å². The fourth-order valence-corrected chi connectivity index (χ4v) is 4.71. The first kappa shape index (κ1) is 33.3. The lowest BCUT2D eigenvalue weighted by molar-refractivity contribution is -0.353. The van der Waals surface area contributed by atoms with E-state index in [2.05, 4.69) is 10.1 Å². The first-order chi connectivity index (χ1) is 20.7. The zero-order valence-corrected chi connectivity index (χ0v) is 22.6. The molecule has 0 radical (unpaired) electrons. The van der Waals surface area contributed by atoms with Crippen molar-refractivity contribution in [2.24, 2.45) is 0 Å². The quantitative estimate of drug-likeness (QED) is 0.342. The molecular formula is C24H20F10N6O5. The predicted molar refractivity (Wildman–Crippen MR) is 131 cm³/mol. The van der Waals surface area contributed by atoms with Crippen LogP contribution in [0.4, 0.5) is 49.7 Å². The number of aliphatic hydroxyl groups is 1. The summed E-state index contributed by atoms with van der Waals surface area (Å²) in [6.45, 7) is -2.59. The predicted octanol–water partition coefficient (Wildman–Crippen LogP) is 3.15. The number of halogens is 10. The number of benzene rings is 1. The van der Waals surface area contributed by atoms with E-state index in [0.717, 1.165) is 37.2 Å². The van der Waals surface area contributed by atoms with Crippen molar-refractivity contribution >= 4 is 23.1 Å². The number of aromatic nitrogens is 3. The second kappa shape index (κ2) is 11.1. The molecule has 1 aliphatic rings. The summed E-state index contributed by atoms with van der Waals surface area (Å²) in [6, 6.07) is 0.863. The highest BCUT2D eigenvalue weighted by molar-refractivity contribution is 6.00. The number of amides is 2. The largest absolute Gasteiger partial charge is 0.493 e. The second-order valence-electron chi connectivity index (χ2n) is 9.62. The monoisotopic (exact) mass is 662 g/mol. The molecule has 0 spiro atoms. The third-order valence-corrected chi connectivity index (χ3v) is 6.89. The Morgan fingerprint density at radius 1 is 1.00 bits per heavy atom. The van der Waals surface area contributed by atoms with Crippen LogP contribution in [-0.4, -0.2) is 93.9 Å². The molecule has 3 heterocycles. The lowest BCUT2D eigenvalue weighted by Gasteiger charge is -2.33. The molecule has 45 heavy (non-hydrogen) atoms. The van der Waals surface area contributed by atoms with E-state index in [9.17, 15) is 58.6 Å². The fourth-order valence-electron chi connectivity index (χ4n) is 4.71. The second-order valence-corrected chi connectivity index (χ2v) is 9.62. The zero-order chi connectivity index (χ0) is 33.9. The summed E-state index contributed by atoms with van der Waals surface area (Å²) in [7, 11) is 2.15. The van der Waals surface area contributed by atoms with Crippen molar-refractivity contribution in [2.45, 2.75) is 36.3 Å². The SMILES string of the molecule is COc1cc(-c2cc(C(F)(F)F)c3c(N)ncnn23)cc(C(=O)N[C@@H]2CN(C(=O)C(O)(C(F)(F)F)C(F)(F)F)C[C@@H]2F)c1OC. The Labute approximate surface area is 244 Å². The third-order valence-electron chi connectivity index (χ3n) is 6.89. The average molecular weight is 662 g/mol. The number of ether oxygens (including phenoxy) is 2. The van der Waals surface area contributed by atoms with Crippen LogP contribution in [0.2, 0.25) is 0 Å². The minimum Gasteiger partial charge on any atom is -0.493 e. The molecule has 2 aromatic heterocycles. The number of carbonyl (C=O) groups excluding carboxylic acids is 2. The molecule has 4 N–H and O–H groups in total. The van der Waals surface area contributed by atoms with Crippen LogP contribution < -0.4 is 20.5 Å². The minimum atomic E-state index is -6.52. The van der Waals surface area contributed by atoms with Gasteiger partial charge in [0, 0.05) is 12.1 Å². The fraction of sp³-hybridized carbons (Fsp3) is 0.417. The number of hydrogen-bond acceptors (Lipinski definition) is 8. The standard InChI is InChI=1S/C24H20F10N6O5/c1-44-15-4-9(14-5-11(22(26,27)28)16-18(35)36-8-37-40(14)16)3-10(17(15)45-2)19(41)38-13-7-39(6-12(13)25)20(42)21(43,23(29,30)31)24(32,33)34/h3-5,8,12-13,43H,6-7H2,1-2H3,(H,38,41)(H2,35,36,37)/t12-,13+/m0/s1. The Morgan fingerprint density at radius 2 is 1.62 bits per heavy atom. The van der Waals surface area contributed by atoms with E-state index in [0.29, 0.717) is 6.07 Å². The number of nitrogens with one attached hydrogen (secondary N) is 1. The molecule has 1 fully saturated rings. The molecule has 246 valence electrons. The number of nitrogen functional groups attached to an aromatic ring is 1. The highest BCUT2D eigenvalue weighted by Crippen LogP contribution is 2.45. The molecule has 0 aliphatic carbocycles. The number of rotatable bonds is 6. The van der Waals surface area contributed by atoms with E-state index in [1.165, 1.54) is 0 Å². The van der Waals surface area contributed by atoms with Gasteiger partial charge >= 0.3 is 24.1 Å². The Hall–Kier alpha value is -4.56. The van der Waals surface area contributed by atoms with Gasteiger partial charge in [0.1, 0.15) is 18.0 Å². The Balaban J connectivity index is 1.72. The lowest BCUT2D eigenvalue weighted by Crippen LogP contribution is -2.66. The van der Waals surface area contributed by atoms with Gasteiger partial charge in [0.15, 0.2) is 17.3 Å². The van der Waals surface area contributed by atoms with Gasteiger partial charge in [0.2, 0.25) is 0 Å².